The summed E-state index contributed by atoms with van der Waals surface area (Å²) in [6.07, 6.45) is 3.60. The minimum Gasteiger partial charge on any atom is -0.322 e. The molecule has 0 saturated heterocycles. The molecule has 3 nitrogen and oxygen atoms in total. The van der Waals surface area contributed by atoms with Crippen LogP contribution in [0.15, 0.2) is 15.6 Å². The van der Waals surface area contributed by atoms with Gasteiger partial charge in [-0.05, 0) is 26.7 Å². The summed E-state index contributed by atoms with van der Waals surface area (Å²) in [6, 6.07) is 0. The van der Waals surface area contributed by atoms with Crippen molar-refractivity contribution < 1.29 is 0 Å². The van der Waals surface area contributed by atoms with Crippen LogP contribution in [-0.2, 0) is 13.5 Å². The molecule has 0 unspecified atom stereocenters. The lowest BCUT2D eigenvalue weighted by atomic mass is 10.2. The Kier molecular flexibility index (Phi) is 4.75. The van der Waals surface area contributed by atoms with E-state index in [1.165, 1.54) is 18.5 Å². The Balaban J connectivity index is 2.89. The second-order valence-electron chi connectivity index (χ2n) is 3.82. The third kappa shape index (κ3) is 3.63. The Morgan fingerprint density at radius 1 is 1.47 bits per heavy atom. The molecule has 0 aromatic carbocycles. The van der Waals surface area contributed by atoms with E-state index in [-0.39, 0.29) is 0 Å². The zero-order chi connectivity index (χ0) is 11.3. The third-order valence-corrected chi connectivity index (χ3v) is 3.10. The Labute approximate surface area is 95.2 Å². The van der Waals surface area contributed by atoms with Gasteiger partial charge in [0.25, 0.3) is 0 Å². The van der Waals surface area contributed by atoms with Crippen LogP contribution in [0.4, 0.5) is 0 Å². The van der Waals surface area contributed by atoms with Crippen molar-refractivity contribution in [2.24, 2.45) is 17.3 Å². The first-order valence-electron chi connectivity index (χ1n) is 5.33. The largest absolute Gasteiger partial charge is 0.322 e. The minimum atomic E-state index is 0.974. The Morgan fingerprint density at radius 2 is 2.20 bits per heavy atom. The topological polar surface area (TPSA) is 29.6 Å². The van der Waals surface area contributed by atoms with Crippen LogP contribution >= 0.6 is 11.3 Å². The van der Waals surface area contributed by atoms with Crippen molar-refractivity contribution in [3.8, 4) is 0 Å². The van der Waals surface area contributed by atoms with Crippen molar-refractivity contribution in [2.45, 2.75) is 40.0 Å². The summed E-state index contributed by atoms with van der Waals surface area (Å²) >= 11 is 1.66. The predicted molar refractivity (Wildman–Crippen MR) is 66.2 cm³/mol. The molecule has 0 spiro atoms. The summed E-state index contributed by atoms with van der Waals surface area (Å²) in [5.74, 6) is 0. The summed E-state index contributed by atoms with van der Waals surface area (Å²) in [4.78, 5) is 0.974. The van der Waals surface area contributed by atoms with Gasteiger partial charge >= 0.3 is 0 Å². The number of rotatable bonds is 4. The van der Waals surface area contributed by atoms with E-state index in [9.17, 15) is 0 Å². The molecule has 0 aliphatic carbocycles. The molecule has 1 aromatic heterocycles. The summed E-state index contributed by atoms with van der Waals surface area (Å²) in [5, 5.41) is 10.5. The quantitative estimate of drug-likeness (QED) is 0.557. The highest BCUT2D eigenvalue weighted by molar-refractivity contribution is 7.07. The summed E-state index contributed by atoms with van der Waals surface area (Å²) < 4.78 is 2.13. The first kappa shape index (κ1) is 12.2. The molecule has 84 valence electrons. The van der Waals surface area contributed by atoms with Gasteiger partial charge in [0.2, 0.25) is 4.80 Å². The smallest absolute Gasteiger partial charge is 0.210 e. The van der Waals surface area contributed by atoms with Crippen LogP contribution in [0.5, 0.6) is 0 Å². The van der Waals surface area contributed by atoms with Gasteiger partial charge in [-0.3, -0.25) is 0 Å². The fraction of sp³-hybridized carbons (Fsp3) is 0.636. The van der Waals surface area contributed by atoms with Gasteiger partial charge in [0.05, 0.1) is 0 Å². The molecule has 4 heteroatoms. The van der Waals surface area contributed by atoms with E-state index in [4.69, 9.17) is 0 Å². The van der Waals surface area contributed by atoms with Gasteiger partial charge in [0.1, 0.15) is 0 Å². The molecule has 0 fully saturated rings. The first-order valence-corrected chi connectivity index (χ1v) is 6.21. The lowest BCUT2D eigenvalue weighted by molar-refractivity contribution is 0.715. The van der Waals surface area contributed by atoms with Crippen molar-refractivity contribution >= 4 is 17.0 Å². The molecule has 1 aromatic rings. The fourth-order valence-corrected chi connectivity index (χ4v) is 2.10. The monoisotopic (exact) mass is 225 g/mol. The highest BCUT2D eigenvalue weighted by Gasteiger charge is 1.99. The lowest BCUT2D eigenvalue weighted by Crippen LogP contribution is -2.12. The number of nitrogens with zero attached hydrogens (tertiary/aromatic N) is 3. The van der Waals surface area contributed by atoms with E-state index in [0.717, 1.165) is 16.9 Å². The molecule has 1 heterocycles. The van der Waals surface area contributed by atoms with Crippen LogP contribution in [0.3, 0.4) is 0 Å². The normalized spacial score (nSPS) is 11.9. The maximum absolute atomic E-state index is 4.20. The van der Waals surface area contributed by atoms with Crippen molar-refractivity contribution in [3.63, 3.8) is 0 Å². The van der Waals surface area contributed by atoms with Crippen LogP contribution in [0, 0.1) is 0 Å². The Morgan fingerprint density at radius 3 is 2.80 bits per heavy atom. The van der Waals surface area contributed by atoms with Crippen molar-refractivity contribution in [1.82, 2.24) is 4.57 Å². The molecule has 0 saturated carbocycles. The van der Waals surface area contributed by atoms with Gasteiger partial charge < -0.3 is 4.57 Å². The molecular weight excluding hydrogens is 206 g/mol. The van der Waals surface area contributed by atoms with E-state index < -0.39 is 0 Å². The van der Waals surface area contributed by atoms with Gasteiger partial charge in [-0.15, -0.1) is 16.4 Å². The Hall–Kier alpha value is -0.900. The van der Waals surface area contributed by atoms with E-state index in [0.29, 0.717) is 0 Å². The zero-order valence-corrected chi connectivity index (χ0v) is 10.8. The number of hydrogen-bond acceptors (Lipinski definition) is 3. The van der Waals surface area contributed by atoms with Crippen molar-refractivity contribution in [2.75, 3.05) is 0 Å². The van der Waals surface area contributed by atoms with Crippen LogP contribution < -0.4 is 4.80 Å². The van der Waals surface area contributed by atoms with E-state index >= 15 is 0 Å². The van der Waals surface area contributed by atoms with Crippen molar-refractivity contribution in [1.29, 1.82) is 0 Å². The highest BCUT2D eigenvalue weighted by atomic mass is 32.1. The van der Waals surface area contributed by atoms with Crippen LogP contribution in [-0.4, -0.2) is 10.3 Å². The standard InChI is InChI=1S/C11H19N3S/c1-5-6-7-10-8-15-11(14(10)4)13-12-9(2)3/h8H,5-7H2,1-4H3. The first-order chi connectivity index (χ1) is 7.15. The lowest BCUT2D eigenvalue weighted by Gasteiger charge is -1.99. The molecule has 0 radical (unpaired) electrons. The second-order valence-corrected chi connectivity index (χ2v) is 4.66. The maximum atomic E-state index is 4.20. The average Bonchev–Trinajstić information content (AvgIpc) is 2.54. The molecule has 0 N–H and O–H groups in total. The molecular formula is C11H19N3S. The van der Waals surface area contributed by atoms with Crippen LogP contribution in [0.2, 0.25) is 0 Å². The molecule has 0 bridgehead atoms. The number of unbranched alkanes of at least 4 members (excludes halogenated alkanes) is 1. The highest BCUT2D eigenvalue weighted by Crippen LogP contribution is 2.05. The minimum absolute atomic E-state index is 0.974. The Bertz CT molecular complexity index is 394. The number of aryl methyl sites for hydroxylation is 1. The van der Waals surface area contributed by atoms with Gasteiger partial charge in [-0.2, -0.15) is 5.10 Å². The summed E-state index contributed by atoms with van der Waals surface area (Å²) in [7, 11) is 2.06. The van der Waals surface area contributed by atoms with Gasteiger partial charge in [0.15, 0.2) is 0 Å². The third-order valence-electron chi connectivity index (χ3n) is 2.14. The predicted octanol–water partition coefficient (Wildman–Crippen LogP) is 2.73. The van der Waals surface area contributed by atoms with E-state index in [1.807, 2.05) is 13.8 Å². The van der Waals surface area contributed by atoms with Gasteiger partial charge in [-0.25, -0.2) is 0 Å². The zero-order valence-electron chi connectivity index (χ0n) is 9.95. The molecule has 0 aliphatic heterocycles. The maximum Gasteiger partial charge on any atom is 0.210 e. The van der Waals surface area contributed by atoms with E-state index in [2.05, 4.69) is 34.1 Å². The van der Waals surface area contributed by atoms with E-state index in [1.54, 1.807) is 11.3 Å². The van der Waals surface area contributed by atoms with Crippen LogP contribution in [0.1, 0.15) is 39.3 Å². The number of aromatic nitrogens is 1. The molecule has 15 heavy (non-hydrogen) atoms. The number of thiazole rings is 1. The summed E-state index contributed by atoms with van der Waals surface area (Å²) in [5.41, 5.74) is 2.34. The average molecular weight is 225 g/mol. The second kappa shape index (κ2) is 5.85. The van der Waals surface area contributed by atoms with Crippen LogP contribution in [0.25, 0.3) is 0 Å². The molecule has 0 atom stereocenters. The number of hydrogen-bond donors (Lipinski definition) is 0. The van der Waals surface area contributed by atoms with Crippen molar-refractivity contribution in [3.05, 3.63) is 15.9 Å². The molecule has 0 amide bonds. The van der Waals surface area contributed by atoms with Gasteiger partial charge in [-0.1, -0.05) is 13.3 Å². The summed E-state index contributed by atoms with van der Waals surface area (Å²) in [6.45, 7) is 6.12. The molecule has 0 aliphatic rings. The SMILES string of the molecule is CCCCc1csc(=NN=C(C)C)n1C. The molecule has 1 rings (SSSR count). The van der Waals surface area contributed by atoms with Gasteiger partial charge in [0, 0.05) is 23.8 Å². The fourth-order valence-electron chi connectivity index (χ4n) is 1.22.